The van der Waals surface area contributed by atoms with Crippen LogP contribution in [0.4, 0.5) is 8.78 Å². The number of hydrogen-bond acceptors (Lipinski definition) is 4. The molecule has 17 heavy (non-hydrogen) atoms. The molecule has 0 unspecified atom stereocenters. The molecule has 0 saturated carbocycles. The van der Waals surface area contributed by atoms with Crippen molar-refractivity contribution in [3.05, 3.63) is 35.9 Å². The first-order chi connectivity index (χ1) is 8.22. The summed E-state index contributed by atoms with van der Waals surface area (Å²) < 4.78 is 30.7. The van der Waals surface area contributed by atoms with E-state index in [1.165, 1.54) is 12.5 Å². The van der Waals surface area contributed by atoms with E-state index in [1.807, 2.05) is 0 Å². The van der Waals surface area contributed by atoms with Crippen molar-refractivity contribution >= 4 is 0 Å². The molecule has 0 radical (unpaired) electrons. The topological polar surface area (TPSA) is 51.0 Å². The van der Waals surface area contributed by atoms with E-state index in [0.717, 1.165) is 0 Å². The number of nitrogens with one attached hydrogen (secondary N) is 1. The maximum Gasteiger partial charge on any atom is 0.280 e. The quantitative estimate of drug-likeness (QED) is 0.890. The molecule has 0 aliphatic rings. The smallest absolute Gasteiger partial charge is 0.280 e. The lowest BCUT2D eigenvalue weighted by atomic mass is 10.2. The second-order valence-corrected chi connectivity index (χ2v) is 3.41. The van der Waals surface area contributed by atoms with E-state index in [0.29, 0.717) is 17.9 Å². The van der Waals surface area contributed by atoms with E-state index in [4.69, 9.17) is 4.42 Å². The van der Waals surface area contributed by atoms with Gasteiger partial charge in [0.25, 0.3) is 6.43 Å². The number of furan rings is 1. The predicted octanol–water partition coefficient (Wildman–Crippen LogP) is 2.39. The summed E-state index contributed by atoms with van der Waals surface area (Å²) in [6.07, 6.45) is 0.209. The molecule has 90 valence electrons. The molecule has 0 aliphatic heterocycles. The molecule has 0 fully saturated rings. The molecule has 1 N–H and O–H groups in total. The number of halogens is 2. The average Bonchev–Trinajstić information content (AvgIpc) is 2.83. The van der Waals surface area contributed by atoms with Crippen LogP contribution >= 0.6 is 0 Å². The highest BCUT2D eigenvalue weighted by atomic mass is 19.3. The summed E-state index contributed by atoms with van der Waals surface area (Å²) in [5.74, 6) is 0.549. The Morgan fingerprint density at radius 2 is 2.29 bits per heavy atom. The first-order valence-corrected chi connectivity index (χ1v) is 5.05. The highest BCUT2D eigenvalue weighted by Crippen LogP contribution is 2.23. The molecule has 2 aromatic heterocycles. The van der Waals surface area contributed by atoms with Crippen molar-refractivity contribution in [3.63, 3.8) is 0 Å². The van der Waals surface area contributed by atoms with Gasteiger partial charge >= 0.3 is 0 Å². The van der Waals surface area contributed by atoms with Crippen molar-refractivity contribution in [3.8, 4) is 11.6 Å². The number of aromatic nitrogens is 2. The van der Waals surface area contributed by atoms with Gasteiger partial charge in [-0.25, -0.2) is 18.7 Å². The number of rotatable bonds is 4. The zero-order valence-electron chi connectivity index (χ0n) is 9.15. The third-order valence-corrected chi connectivity index (χ3v) is 2.21. The van der Waals surface area contributed by atoms with Crippen LogP contribution in [0.2, 0.25) is 0 Å². The van der Waals surface area contributed by atoms with Gasteiger partial charge in [-0.1, -0.05) is 0 Å². The fourth-order valence-corrected chi connectivity index (χ4v) is 1.46. The molecule has 2 rings (SSSR count). The highest BCUT2D eigenvalue weighted by molar-refractivity contribution is 5.46. The maximum atomic E-state index is 12.8. The average molecular weight is 239 g/mol. The summed E-state index contributed by atoms with van der Waals surface area (Å²) in [6.45, 7) is 0.304. The molecule has 2 aromatic rings. The molecule has 0 aromatic carbocycles. The zero-order valence-corrected chi connectivity index (χ0v) is 9.15. The molecule has 0 spiro atoms. The maximum absolute atomic E-state index is 12.8. The molecular formula is C11H11F2N3O. The van der Waals surface area contributed by atoms with E-state index in [2.05, 4.69) is 15.3 Å². The standard InChI is InChI=1S/C11H11F2N3O/c1-14-5-7-6-15-11(8-3-2-4-17-8)16-9(7)10(12)13/h2-4,6,10,14H,5H2,1H3. The fraction of sp³-hybridized carbons (Fsp3) is 0.273. The van der Waals surface area contributed by atoms with Gasteiger partial charge in [0.2, 0.25) is 0 Å². The monoisotopic (exact) mass is 239 g/mol. The van der Waals surface area contributed by atoms with Crippen LogP contribution in [-0.4, -0.2) is 17.0 Å². The Bertz CT molecular complexity index is 485. The summed E-state index contributed by atoms with van der Waals surface area (Å²) in [7, 11) is 1.68. The Morgan fingerprint density at radius 3 is 2.88 bits per heavy atom. The van der Waals surface area contributed by atoms with Crippen molar-refractivity contribution in [2.45, 2.75) is 13.0 Å². The molecule has 4 nitrogen and oxygen atoms in total. The first kappa shape index (κ1) is 11.7. The minimum Gasteiger partial charge on any atom is -0.461 e. The van der Waals surface area contributed by atoms with Gasteiger partial charge < -0.3 is 9.73 Å². The number of hydrogen-bond donors (Lipinski definition) is 1. The van der Waals surface area contributed by atoms with Crippen LogP contribution in [0.1, 0.15) is 17.7 Å². The summed E-state index contributed by atoms with van der Waals surface area (Å²) >= 11 is 0. The summed E-state index contributed by atoms with van der Waals surface area (Å²) in [6, 6.07) is 3.28. The van der Waals surface area contributed by atoms with Gasteiger partial charge in [-0.15, -0.1) is 0 Å². The molecule has 0 saturated heterocycles. The van der Waals surface area contributed by atoms with E-state index >= 15 is 0 Å². The third kappa shape index (κ3) is 2.47. The van der Waals surface area contributed by atoms with Crippen molar-refractivity contribution in [2.75, 3.05) is 7.05 Å². The van der Waals surface area contributed by atoms with E-state index in [1.54, 1.807) is 19.2 Å². The lowest BCUT2D eigenvalue weighted by Gasteiger charge is -2.07. The Kier molecular flexibility index (Phi) is 3.43. The van der Waals surface area contributed by atoms with Crippen LogP contribution in [0, 0.1) is 0 Å². The van der Waals surface area contributed by atoms with Crippen LogP contribution in [0.5, 0.6) is 0 Å². The van der Waals surface area contributed by atoms with Crippen LogP contribution in [0.3, 0.4) is 0 Å². The SMILES string of the molecule is CNCc1cnc(-c2ccco2)nc1C(F)F. The Balaban J connectivity index is 2.42. The van der Waals surface area contributed by atoms with Crippen molar-refractivity contribution in [1.29, 1.82) is 0 Å². The Labute approximate surface area is 96.7 Å². The van der Waals surface area contributed by atoms with Crippen molar-refractivity contribution in [1.82, 2.24) is 15.3 Å². The van der Waals surface area contributed by atoms with Gasteiger partial charge in [0.1, 0.15) is 5.69 Å². The van der Waals surface area contributed by atoms with Gasteiger partial charge in [-0.05, 0) is 19.2 Å². The van der Waals surface area contributed by atoms with Gasteiger partial charge in [-0.2, -0.15) is 0 Å². The zero-order chi connectivity index (χ0) is 12.3. The normalized spacial score (nSPS) is 11.1. The molecule has 0 bridgehead atoms. The first-order valence-electron chi connectivity index (χ1n) is 5.05. The molecule has 2 heterocycles. The molecule has 0 atom stereocenters. The summed E-state index contributed by atoms with van der Waals surface area (Å²) in [4.78, 5) is 7.84. The fourth-order valence-electron chi connectivity index (χ4n) is 1.46. The van der Waals surface area contributed by atoms with Gasteiger partial charge in [0.15, 0.2) is 11.6 Å². The summed E-state index contributed by atoms with van der Waals surface area (Å²) in [5, 5.41) is 2.80. The lowest BCUT2D eigenvalue weighted by molar-refractivity contribution is 0.144. The van der Waals surface area contributed by atoms with Crippen LogP contribution < -0.4 is 5.32 Å². The summed E-state index contributed by atoms with van der Waals surface area (Å²) in [5.41, 5.74) is 0.124. The van der Waals surface area contributed by atoms with Crippen molar-refractivity contribution < 1.29 is 13.2 Å². The Hall–Kier alpha value is -1.82. The van der Waals surface area contributed by atoms with Crippen LogP contribution in [-0.2, 0) is 6.54 Å². The molecule has 6 heteroatoms. The molecular weight excluding hydrogens is 228 g/mol. The van der Waals surface area contributed by atoms with Crippen molar-refractivity contribution in [2.24, 2.45) is 0 Å². The largest absolute Gasteiger partial charge is 0.461 e. The van der Waals surface area contributed by atoms with Crippen LogP contribution in [0.25, 0.3) is 11.6 Å². The van der Waals surface area contributed by atoms with Gasteiger partial charge in [-0.3, -0.25) is 0 Å². The highest BCUT2D eigenvalue weighted by Gasteiger charge is 2.17. The molecule has 0 amide bonds. The lowest BCUT2D eigenvalue weighted by Crippen LogP contribution is -2.10. The minimum absolute atomic E-state index is 0.171. The van der Waals surface area contributed by atoms with E-state index in [9.17, 15) is 8.78 Å². The number of alkyl halides is 2. The second-order valence-electron chi connectivity index (χ2n) is 3.41. The minimum atomic E-state index is -2.63. The third-order valence-electron chi connectivity index (χ3n) is 2.21. The van der Waals surface area contributed by atoms with E-state index in [-0.39, 0.29) is 11.5 Å². The number of nitrogens with zero attached hydrogens (tertiary/aromatic N) is 2. The van der Waals surface area contributed by atoms with Crippen LogP contribution in [0.15, 0.2) is 29.0 Å². The van der Waals surface area contributed by atoms with Gasteiger partial charge in [0.05, 0.1) is 6.26 Å². The predicted molar refractivity (Wildman–Crippen MR) is 57.5 cm³/mol. The van der Waals surface area contributed by atoms with Gasteiger partial charge in [0, 0.05) is 18.3 Å². The second kappa shape index (κ2) is 5.01. The molecule has 0 aliphatic carbocycles. The Morgan fingerprint density at radius 1 is 1.47 bits per heavy atom. The van der Waals surface area contributed by atoms with E-state index < -0.39 is 6.43 Å².